The molecule has 7 nitrogen and oxygen atoms in total. The highest BCUT2D eigenvalue weighted by molar-refractivity contribution is 8.16. The molecule has 152 valence electrons. The molecule has 0 saturated carbocycles. The molecule has 30 heavy (non-hydrogen) atoms. The molecule has 2 heterocycles. The lowest BCUT2D eigenvalue weighted by atomic mass is 10.1. The molecule has 0 saturated heterocycles. The van der Waals surface area contributed by atoms with Crippen LogP contribution in [0.25, 0.3) is 6.08 Å². The van der Waals surface area contributed by atoms with E-state index in [1.807, 2.05) is 12.3 Å². The first-order chi connectivity index (χ1) is 14.3. The number of benzene rings is 2. The van der Waals surface area contributed by atoms with Crippen LogP contribution in [0.4, 0.5) is 0 Å². The molecule has 2 aliphatic heterocycles. The summed E-state index contributed by atoms with van der Waals surface area (Å²) in [5, 5.41) is 10.7. The fraction of sp³-hybridized carbons (Fsp3) is 0.0500. The van der Waals surface area contributed by atoms with Gasteiger partial charge >= 0.3 is 10.1 Å². The van der Waals surface area contributed by atoms with Crippen molar-refractivity contribution in [3.63, 3.8) is 0 Å². The molecule has 0 unspecified atom stereocenters. The number of amides is 1. The molecule has 0 aromatic heterocycles. The Bertz CT molecular complexity index is 1270. The Morgan fingerprint density at radius 3 is 2.63 bits per heavy atom. The van der Waals surface area contributed by atoms with E-state index >= 15 is 0 Å². The van der Waals surface area contributed by atoms with Crippen molar-refractivity contribution in [3.05, 3.63) is 75.8 Å². The van der Waals surface area contributed by atoms with Crippen molar-refractivity contribution in [2.24, 2.45) is 4.99 Å². The van der Waals surface area contributed by atoms with Gasteiger partial charge in [0.1, 0.15) is 10.7 Å². The van der Waals surface area contributed by atoms with Crippen LogP contribution in [0, 0.1) is 5.41 Å². The number of nitrogens with one attached hydrogen (secondary N) is 1. The third-order valence-corrected chi connectivity index (χ3v) is 6.77. The smallest absolute Gasteiger partial charge is 0.339 e. The maximum Gasteiger partial charge on any atom is 0.339 e. The first-order valence-electron chi connectivity index (χ1n) is 8.62. The molecular formula is C20H14ClN3O4S2. The fourth-order valence-electron chi connectivity index (χ4n) is 2.84. The Kier molecular flexibility index (Phi) is 5.27. The zero-order valence-corrected chi connectivity index (χ0v) is 17.9. The average Bonchev–Trinajstić information content (AvgIpc) is 3.08. The van der Waals surface area contributed by atoms with E-state index in [4.69, 9.17) is 21.2 Å². The standard InChI is InChI=1S/C20H14ClN3O4S2/c1-12-11-29-20-23-19(25)15(18(22)24(12)20)9-13-7-8-17(16(21)10-13)28-30(26,27)14-5-3-2-4-6-14/h2-11,22H,1H3/b15-9-,22-18?. The van der Waals surface area contributed by atoms with Crippen LogP contribution in [0.15, 0.2) is 75.1 Å². The summed E-state index contributed by atoms with van der Waals surface area (Å²) in [5.74, 6) is -0.542. The molecule has 1 amide bonds. The SMILES string of the molecule is CC1=CSC2=NC(=O)/C(=C\c3ccc(OS(=O)(=O)c4ccccc4)c(Cl)c3)C(=N)N12. The highest BCUT2D eigenvalue weighted by Crippen LogP contribution is 2.33. The van der Waals surface area contributed by atoms with Gasteiger partial charge in [0, 0.05) is 5.70 Å². The van der Waals surface area contributed by atoms with E-state index in [1.165, 1.54) is 42.1 Å². The van der Waals surface area contributed by atoms with Crippen LogP contribution in [0.5, 0.6) is 5.75 Å². The second-order valence-electron chi connectivity index (χ2n) is 6.36. The molecule has 0 radical (unpaired) electrons. The molecule has 10 heteroatoms. The summed E-state index contributed by atoms with van der Waals surface area (Å²) in [5.41, 5.74) is 1.41. The molecular weight excluding hydrogens is 446 g/mol. The van der Waals surface area contributed by atoms with Crippen LogP contribution < -0.4 is 4.18 Å². The largest absolute Gasteiger partial charge is 0.377 e. The van der Waals surface area contributed by atoms with Gasteiger partial charge in [0.2, 0.25) is 0 Å². The number of hydrogen-bond donors (Lipinski definition) is 1. The molecule has 2 aromatic rings. The minimum atomic E-state index is -4.03. The Balaban J connectivity index is 1.62. The lowest BCUT2D eigenvalue weighted by Gasteiger charge is -2.25. The minimum Gasteiger partial charge on any atom is -0.377 e. The monoisotopic (exact) mass is 459 g/mol. The van der Waals surface area contributed by atoms with Crippen LogP contribution in [-0.4, -0.2) is 30.2 Å². The second-order valence-corrected chi connectivity index (χ2v) is 9.15. The first-order valence-corrected chi connectivity index (χ1v) is 11.3. The van der Waals surface area contributed by atoms with Gasteiger partial charge in [-0.1, -0.05) is 47.6 Å². The van der Waals surface area contributed by atoms with Gasteiger partial charge in [0.05, 0.1) is 10.6 Å². The number of nitrogens with zero attached hydrogens (tertiary/aromatic N) is 2. The Hall–Kier alpha value is -2.88. The first kappa shape index (κ1) is 20.4. The molecule has 0 spiro atoms. The van der Waals surface area contributed by atoms with Crippen LogP contribution in [0.3, 0.4) is 0 Å². The lowest BCUT2D eigenvalue weighted by Crippen LogP contribution is -2.37. The van der Waals surface area contributed by atoms with Crippen LogP contribution in [0.1, 0.15) is 12.5 Å². The summed E-state index contributed by atoms with van der Waals surface area (Å²) in [4.78, 5) is 18.0. The zero-order chi connectivity index (χ0) is 21.5. The predicted octanol–water partition coefficient (Wildman–Crippen LogP) is 4.27. The average molecular weight is 460 g/mol. The minimum absolute atomic E-state index is 0.00841. The lowest BCUT2D eigenvalue weighted by molar-refractivity contribution is -0.114. The van der Waals surface area contributed by atoms with E-state index < -0.39 is 16.0 Å². The van der Waals surface area contributed by atoms with E-state index in [0.29, 0.717) is 10.7 Å². The van der Waals surface area contributed by atoms with Gasteiger partial charge in [-0.3, -0.25) is 15.1 Å². The molecule has 4 rings (SSSR count). The van der Waals surface area contributed by atoms with Crippen LogP contribution in [-0.2, 0) is 14.9 Å². The summed E-state index contributed by atoms with van der Waals surface area (Å²) in [6, 6.07) is 12.1. The summed E-state index contributed by atoms with van der Waals surface area (Å²) >= 11 is 7.51. The predicted molar refractivity (Wildman–Crippen MR) is 117 cm³/mol. The van der Waals surface area contributed by atoms with E-state index in [2.05, 4.69) is 4.99 Å². The summed E-state index contributed by atoms with van der Waals surface area (Å²) in [6.45, 7) is 1.83. The van der Waals surface area contributed by atoms with Crippen molar-refractivity contribution in [1.82, 2.24) is 4.90 Å². The maximum atomic E-state index is 12.4. The number of halogens is 1. The van der Waals surface area contributed by atoms with Crippen LogP contribution >= 0.6 is 23.4 Å². The Morgan fingerprint density at radius 2 is 1.93 bits per heavy atom. The number of carbonyl (C=O) groups excluding carboxylic acids is 1. The van der Waals surface area contributed by atoms with Gasteiger partial charge in [0.25, 0.3) is 5.91 Å². The van der Waals surface area contributed by atoms with Gasteiger partial charge in [-0.15, -0.1) is 0 Å². The molecule has 2 aromatic carbocycles. The van der Waals surface area contributed by atoms with Crippen molar-refractivity contribution in [3.8, 4) is 5.75 Å². The Morgan fingerprint density at radius 1 is 1.20 bits per heavy atom. The van der Waals surface area contributed by atoms with Crippen LogP contribution in [0.2, 0.25) is 5.02 Å². The summed E-state index contributed by atoms with van der Waals surface area (Å²) in [6.07, 6.45) is 1.49. The number of aliphatic imine (C=N–C) groups is 1. The number of fused-ring (bicyclic) bond motifs is 1. The van der Waals surface area contributed by atoms with Gasteiger partial charge < -0.3 is 4.18 Å². The van der Waals surface area contributed by atoms with Crippen molar-refractivity contribution >= 4 is 56.5 Å². The van der Waals surface area contributed by atoms with Gasteiger partial charge in [-0.2, -0.15) is 13.4 Å². The summed E-state index contributed by atoms with van der Waals surface area (Å²) < 4.78 is 29.9. The van der Waals surface area contributed by atoms with Crippen molar-refractivity contribution in [2.45, 2.75) is 11.8 Å². The van der Waals surface area contributed by atoms with Crippen molar-refractivity contribution < 1.29 is 17.4 Å². The molecule has 0 atom stereocenters. The second kappa shape index (κ2) is 7.75. The van der Waals surface area contributed by atoms with E-state index in [0.717, 1.165) is 5.70 Å². The highest BCUT2D eigenvalue weighted by atomic mass is 35.5. The van der Waals surface area contributed by atoms with Crippen molar-refractivity contribution in [2.75, 3.05) is 0 Å². The maximum absolute atomic E-state index is 12.4. The number of allylic oxidation sites excluding steroid dienone is 1. The normalized spacial score (nSPS) is 17.7. The van der Waals surface area contributed by atoms with E-state index in [1.54, 1.807) is 29.2 Å². The third-order valence-electron chi connectivity index (χ3n) is 4.28. The number of carbonyl (C=O) groups is 1. The topological polar surface area (TPSA) is 99.9 Å². The van der Waals surface area contributed by atoms with Gasteiger partial charge in [0.15, 0.2) is 10.9 Å². The highest BCUT2D eigenvalue weighted by Gasteiger charge is 2.34. The van der Waals surface area contributed by atoms with E-state index in [-0.39, 0.29) is 27.1 Å². The zero-order valence-electron chi connectivity index (χ0n) is 15.5. The molecule has 0 fully saturated rings. The quantitative estimate of drug-likeness (QED) is 0.541. The molecule has 1 N–H and O–H groups in total. The summed E-state index contributed by atoms with van der Waals surface area (Å²) in [7, 11) is -4.03. The van der Waals surface area contributed by atoms with Gasteiger partial charge in [-0.05, 0) is 48.2 Å². The fourth-order valence-corrected chi connectivity index (χ4v) is 4.94. The van der Waals surface area contributed by atoms with Crippen molar-refractivity contribution in [1.29, 1.82) is 5.41 Å². The Labute approximate surface area is 182 Å². The van der Waals surface area contributed by atoms with E-state index in [9.17, 15) is 13.2 Å². The molecule has 2 aliphatic rings. The molecule has 0 bridgehead atoms. The van der Waals surface area contributed by atoms with Gasteiger partial charge in [-0.25, -0.2) is 0 Å². The number of amidine groups is 2. The third kappa shape index (κ3) is 3.79. The number of rotatable bonds is 4. The molecule has 0 aliphatic carbocycles. The number of hydrogen-bond acceptors (Lipinski definition) is 6. The number of thioether (sulfide) groups is 1.